The van der Waals surface area contributed by atoms with Gasteiger partial charge in [-0.15, -0.1) is 6.42 Å². The van der Waals surface area contributed by atoms with E-state index in [0.717, 1.165) is 19.4 Å². The van der Waals surface area contributed by atoms with Gasteiger partial charge in [-0.1, -0.05) is 18.1 Å². The molecule has 0 saturated carbocycles. The van der Waals surface area contributed by atoms with E-state index in [1.165, 1.54) is 6.42 Å². The molecule has 0 aromatic rings. The Morgan fingerprint density at radius 2 is 2.40 bits per heavy atom. The summed E-state index contributed by atoms with van der Waals surface area (Å²) < 4.78 is 0. The molecule has 1 amide bonds. The Morgan fingerprint density at radius 3 is 3.07 bits per heavy atom. The number of hydrogen-bond donors (Lipinski definition) is 2. The number of rotatable bonds is 5. The highest BCUT2D eigenvalue weighted by molar-refractivity contribution is 5.77. The third-order valence-corrected chi connectivity index (χ3v) is 2.48. The van der Waals surface area contributed by atoms with Crippen molar-refractivity contribution in [2.45, 2.75) is 19.3 Å². The number of carbonyl (C=O) groups excluding carboxylic acids is 1. The average molecular weight is 206 g/mol. The molecule has 82 valence electrons. The monoisotopic (exact) mass is 206 g/mol. The Bertz CT molecular complexity index is 265. The standard InChI is InChI=1S/C12H18N2O/c1-2-8-13-10-12(15)14-9-11-6-4-3-5-7-11/h1,3-4,11,13H,5-10H2,(H,14,15). The Morgan fingerprint density at radius 1 is 1.53 bits per heavy atom. The van der Waals surface area contributed by atoms with Crippen LogP contribution in [0.2, 0.25) is 0 Å². The number of hydrogen-bond acceptors (Lipinski definition) is 2. The third kappa shape index (κ3) is 5.24. The van der Waals surface area contributed by atoms with Gasteiger partial charge in [0.15, 0.2) is 0 Å². The van der Waals surface area contributed by atoms with E-state index < -0.39 is 0 Å². The molecule has 0 spiro atoms. The van der Waals surface area contributed by atoms with Gasteiger partial charge in [0.1, 0.15) is 0 Å². The molecule has 3 nitrogen and oxygen atoms in total. The van der Waals surface area contributed by atoms with Gasteiger partial charge in [0.2, 0.25) is 5.91 Å². The first kappa shape index (κ1) is 11.8. The van der Waals surface area contributed by atoms with Gasteiger partial charge in [0, 0.05) is 6.54 Å². The highest BCUT2D eigenvalue weighted by Crippen LogP contribution is 2.16. The molecule has 0 fully saturated rings. The van der Waals surface area contributed by atoms with Crippen LogP contribution >= 0.6 is 0 Å². The van der Waals surface area contributed by atoms with Crippen LogP contribution in [0.3, 0.4) is 0 Å². The highest BCUT2D eigenvalue weighted by atomic mass is 16.1. The third-order valence-electron chi connectivity index (χ3n) is 2.48. The Labute approximate surface area is 91.3 Å². The second-order valence-electron chi connectivity index (χ2n) is 3.76. The van der Waals surface area contributed by atoms with Gasteiger partial charge < -0.3 is 5.32 Å². The van der Waals surface area contributed by atoms with Crippen LogP contribution in [0.25, 0.3) is 0 Å². The molecule has 1 aliphatic carbocycles. The molecule has 1 rings (SSSR count). The van der Waals surface area contributed by atoms with Crippen molar-refractivity contribution in [2.75, 3.05) is 19.6 Å². The summed E-state index contributed by atoms with van der Waals surface area (Å²) in [7, 11) is 0. The van der Waals surface area contributed by atoms with Crippen LogP contribution in [0, 0.1) is 18.3 Å². The maximum atomic E-state index is 11.3. The fourth-order valence-corrected chi connectivity index (χ4v) is 1.61. The Kier molecular flexibility index (Phi) is 5.57. The molecule has 1 atom stereocenters. The minimum absolute atomic E-state index is 0.0276. The second-order valence-corrected chi connectivity index (χ2v) is 3.76. The summed E-state index contributed by atoms with van der Waals surface area (Å²) in [5.74, 6) is 3.06. The van der Waals surface area contributed by atoms with E-state index in [-0.39, 0.29) is 5.91 Å². The zero-order valence-electron chi connectivity index (χ0n) is 8.96. The fourth-order valence-electron chi connectivity index (χ4n) is 1.61. The van der Waals surface area contributed by atoms with E-state index in [9.17, 15) is 4.79 Å². The van der Waals surface area contributed by atoms with Crippen molar-refractivity contribution in [3.8, 4) is 12.3 Å². The smallest absolute Gasteiger partial charge is 0.233 e. The maximum absolute atomic E-state index is 11.3. The lowest BCUT2D eigenvalue weighted by Crippen LogP contribution is -2.36. The fraction of sp³-hybridized carbons (Fsp3) is 0.583. The molecule has 0 radical (unpaired) electrons. The summed E-state index contributed by atoms with van der Waals surface area (Å²) in [5, 5.41) is 5.77. The summed E-state index contributed by atoms with van der Waals surface area (Å²) in [5.41, 5.74) is 0. The number of allylic oxidation sites excluding steroid dienone is 2. The normalized spacial score (nSPS) is 19.5. The van der Waals surface area contributed by atoms with E-state index in [1.54, 1.807) is 0 Å². The van der Waals surface area contributed by atoms with Gasteiger partial charge >= 0.3 is 0 Å². The zero-order valence-corrected chi connectivity index (χ0v) is 8.96. The molecule has 0 bridgehead atoms. The van der Waals surface area contributed by atoms with E-state index in [1.807, 2.05) is 0 Å². The van der Waals surface area contributed by atoms with Gasteiger partial charge in [0.05, 0.1) is 13.1 Å². The minimum Gasteiger partial charge on any atom is -0.355 e. The Hall–Kier alpha value is -1.27. The lowest BCUT2D eigenvalue weighted by atomic mass is 9.94. The quantitative estimate of drug-likeness (QED) is 0.394. The second kappa shape index (κ2) is 7.08. The van der Waals surface area contributed by atoms with Crippen molar-refractivity contribution >= 4 is 5.91 Å². The van der Waals surface area contributed by atoms with E-state index >= 15 is 0 Å². The Balaban J connectivity index is 2.06. The largest absolute Gasteiger partial charge is 0.355 e. The topological polar surface area (TPSA) is 41.1 Å². The predicted octanol–water partition coefficient (Wildman–Crippen LogP) is 0.682. The molecule has 0 aliphatic heterocycles. The van der Waals surface area contributed by atoms with Crippen molar-refractivity contribution in [2.24, 2.45) is 5.92 Å². The molecule has 0 aromatic heterocycles. The molecule has 1 unspecified atom stereocenters. The molecule has 0 saturated heterocycles. The highest BCUT2D eigenvalue weighted by Gasteiger charge is 2.10. The molecule has 15 heavy (non-hydrogen) atoms. The van der Waals surface area contributed by atoms with Crippen LogP contribution in [0.4, 0.5) is 0 Å². The number of nitrogens with one attached hydrogen (secondary N) is 2. The van der Waals surface area contributed by atoms with Gasteiger partial charge in [0.25, 0.3) is 0 Å². The lowest BCUT2D eigenvalue weighted by Gasteiger charge is -2.18. The predicted molar refractivity (Wildman–Crippen MR) is 61.2 cm³/mol. The van der Waals surface area contributed by atoms with Crippen LogP contribution in [0.1, 0.15) is 19.3 Å². The van der Waals surface area contributed by atoms with E-state index in [0.29, 0.717) is 19.0 Å². The van der Waals surface area contributed by atoms with Crippen LogP contribution in [0.15, 0.2) is 12.2 Å². The van der Waals surface area contributed by atoms with Crippen molar-refractivity contribution in [1.29, 1.82) is 0 Å². The molecule has 1 aliphatic rings. The first-order valence-corrected chi connectivity index (χ1v) is 5.39. The lowest BCUT2D eigenvalue weighted by molar-refractivity contribution is -0.120. The van der Waals surface area contributed by atoms with Crippen molar-refractivity contribution < 1.29 is 4.79 Å². The van der Waals surface area contributed by atoms with Crippen molar-refractivity contribution in [1.82, 2.24) is 10.6 Å². The summed E-state index contributed by atoms with van der Waals surface area (Å²) in [6.45, 7) is 1.53. The average Bonchev–Trinajstić information content (AvgIpc) is 2.28. The molecular formula is C12H18N2O. The zero-order chi connectivity index (χ0) is 10.9. The number of amides is 1. The van der Waals surface area contributed by atoms with Gasteiger partial charge in [-0.2, -0.15) is 0 Å². The van der Waals surface area contributed by atoms with Crippen LogP contribution in [-0.4, -0.2) is 25.5 Å². The van der Waals surface area contributed by atoms with Gasteiger partial charge in [-0.3, -0.25) is 10.1 Å². The van der Waals surface area contributed by atoms with Gasteiger partial charge in [-0.05, 0) is 25.2 Å². The van der Waals surface area contributed by atoms with Crippen molar-refractivity contribution in [3.63, 3.8) is 0 Å². The van der Waals surface area contributed by atoms with Gasteiger partial charge in [-0.25, -0.2) is 0 Å². The summed E-state index contributed by atoms with van der Waals surface area (Å²) in [6, 6.07) is 0. The molecular weight excluding hydrogens is 188 g/mol. The van der Waals surface area contributed by atoms with E-state index in [4.69, 9.17) is 6.42 Å². The minimum atomic E-state index is 0.0276. The summed E-state index contributed by atoms with van der Waals surface area (Å²) in [4.78, 5) is 11.3. The van der Waals surface area contributed by atoms with Crippen molar-refractivity contribution in [3.05, 3.63) is 12.2 Å². The number of terminal acetylenes is 1. The van der Waals surface area contributed by atoms with Crippen LogP contribution in [-0.2, 0) is 4.79 Å². The first-order chi connectivity index (χ1) is 7.33. The summed E-state index contributed by atoms with van der Waals surface area (Å²) in [6.07, 6.45) is 12.8. The first-order valence-electron chi connectivity index (χ1n) is 5.39. The molecule has 0 heterocycles. The summed E-state index contributed by atoms with van der Waals surface area (Å²) >= 11 is 0. The maximum Gasteiger partial charge on any atom is 0.233 e. The molecule has 3 heteroatoms. The van der Waals surface area contributed by atoms with Crippen LogP contribution in [0.5, 0.6) is 0 Å². The number of carbonyl (C=O) groups is 1. The SMILES string of the molecule is C#CCNCC(=O)NCC1CC=CCC1. The van der Waals surface area contributed by atoms with E-state index in [2.05, 4.69) is 28.7 Å². The van der Waals surface area contributed by atoms with Crippen LogP contribution < -0.4 is 10.6 Å². The molecule has 0 aromatic carbocycles. The molecule has 2 N–H and O–H groups in total.